The molecule has 0 aliphatic heterocycles. The van der Waals surface area contributed by atoms with Crippen LogP contribution in [0.2, 0.25) is 0 Å². The monoisotopic (exact) mass is 265 g/mol. The first-order valence-electron chi connectivity index (χ1n) is 7.58. The maximum atomic E-state index is 3.77. The molecule has 0 saturated heterocycles. The molecule has 1 fully saturated rings. The molecule has 0 aromatic carbocycles. The summed E-state index contributed by atoms with van der Waals surface area (Å²) in [6, 6.07) is 2.87. The predicted octanol–water partition coefficient (Wildman–Crippen LogP) is 5.07. The highest BCUT2D eigenvalue weighted by Crippen LogP contribution is 2.34. The lowest BCUT2D eigenvalue weighted by molar-refractivity contribution is 0.301. The molecule has 2 rings (SSSR count). The van der Waals surface area contributed by atoms with Crippen molar-refractivity contribution in [3.63, 3.8) is 0 Å². The van der Waals surface area contributed by atoms with Gasteiger partial charge in [-0.25, -0.2) is 0 Å². The van der Waals surface area contributed by atoms with Gasteiger partial charge in [-0.1, -0.05) is 39.0 Å². The summed E-state index contributed by atoms with van der Waals surface area (Å²) in [6.07, 6.45) is 9.85. The van der Waals surface area contributed by atoms with E-state index in [4.69, 9.17) is 0 Å². The standard InChI is InChI=1S/C16H27NS/c1-3-10-17-15(16-13(2)9-11-18-16)12-14-7-5-4-6-8-14/h9,11,14-15,17H,3-8,10,12H2,1-2H3. The van der Waals surface area contributed by atoms with Crippen molar-refractivity contribution >= 4 is 11.3 Å². The zero-order valence-corrected chi connectivity index (χ0v) is 12.7. The molecule has 1 aromatic heterocycles. The fourth-order valence-corrected chi connectivity index (χ4v) is 4.12. The third kappa shape index (κ3) is 3.83. The molecule has 0 radical (unpaired) electrons. The molecule has 1 aromatic rings. The maximum Gasteiger partial charge on any atom is 0.0420 e. The molecule has 1 atom stereocenters. The molecule has 2 heteroatoms. The van der Waals surface area contributed by atoms with E-state index in [9.17, 15) is 0 Å². The van der Waals surface area contributed by atoms with E-state index in [0.717, 1.165) is 12.5 Å². The smallest absolute Gasteiger partial charge is 0.0420 e. The quantitative estimate of drug-likeness (QED) is 0.757. The Bertz CT molecular complexity index is 339. The lowest BCUT2D eigenvalue weighted by Crippen LogP contribution is -2.25. The summed E-state index contributed by atoms with van der Waals surface area (Å²) < 4.78 is 0. The minimum atomic E-state index is 0.605. The van der Waals surface area contributed by atoms with Gasteiger partial charge in [-0.2, -0.15) is 0 Å². The van der Waals surface area contributed by atoms with Gasteiger partial charge < -0.3 is 5.32 Å². The van der Waals surface area contributed by atoms with E-state index in [1.807, 2.05) is 11.3 Å². The number of rotatable bonds is 6. The molecular weight excluding hydrogens is 238 g/mol. The Morgan fingerprint density at radius 1 is 1.33 bits per heavy atom. The minimum Gasteiger partial charge on any atom is -0.309 e. The summed E-state index contributed by atoms with van der Waals surface area (Å²) in [5.74, 6) is 0.953. The Kier molecular flexibility index (Phi) is 5.71. The highest BCUT2D eigenvalue weighted by molar-refractivity contribution is 7.10. The summed E-state index contributed by atoms with van der Waals surface area (Å²) in [5, 5.41) is 6.01. The largest absolute Gasteiger partial charge is 0.309 e. The molecule has 1 nitrogen and oxygen atoms in total. The Morgan fingerprint density at radius 2 is 2.11 bits per heavy atom. The first-order valence-corrected chi connectivity index (χ1v) is 8.46. The Labute approximate surface area is 116 Å². The minimum absolute atomic E-state index is 0.605. The summed E-state index contributed by atoms with van der Waals surface area (Å²) in [4.78, 5) is 1.58. The first-order chi connectivity index (χ1) is 8.81. The van der Waals surface area contributed by atoms with E-state index in [-0.39, 0.29) is 0 Å². The first kappa shape index (κ1) is 14.1. The topological polar surface area (TPSA) is 12.0 Å². The van der Waals surface area contributed by atoms with Gasteiger partial charge in [0.1, 0.15) is 0 Å². The SMILES string of the molecule is CCCNC(CC1CCCCC1)c1sccc1C. The molecule has 0 bridgehead atoms. The highest BCUT2D eigenvalue weighted by Gasteiger charge is 2.21. The molecule has 1 unspecified atom stereocenters. The molecule has 0 amide bonds. The van der Waals surface area contributed by atoms with Gasteiger partial charge in [0.2, 0.25) is 0 Å². The van der Waals surface area contributed by atoms with Crippen LogP contribution in [0.15, 0.2) is 11.4 Å². The third-order valence-electron chi connectivity index (χ3n) is 4.15. The van der Waals surface area contributed by atoms with Gasteiger partial charge in [0.25, 0.3) is 0 Å². The second-order valence-electron chi connectivity index (χ2n) is 5.71. The molecule has 1 aliphatic carbocycles. The zero-order chi connectivity index (χ0) is 12.8. The van der Waals surface area contributed by atoms with E-state index in [0.29, 0.717) is 6.04 Å². The van der Waals surface area contributed by atoms with Crippen LogP contribution in [0.5, 0.6) is 0 Å². The van der Waals surface area contributed by atoms with Gasteiger partial charge in [0, 0.05) is 10.9 Å². The van der Waals surface area contributed by atoms with Crippen molar-refractivity contribution in [2.75, 3.05) is 6.54 Å². The number of nitrogens with one attached hydrogen (secondary N) is 1. The van der Waals surface area contributed by atoms with Crippen molar-refractivity contribution in [2.45, 2.75) is 64.8 Å². The van der Waals surface area contributed by atoms with Gasteiger partial charge >= 0.3 is 0 Å². The van der Waals surface area contributed by atoms with Crippen LogP contribution in [-0.2, 0) is 0 Å². The van der Waals surface area contributed by atoms with Gasteiger partial charge in [0.15, 0.2) is 0 Å². The summed E-state index contributed by atoms with van der Waals surface area (Å²) in [5.41, 5.74) is 1.48. The molecule has 102 valence electrons. The van der Waals surface area contributed by atoms with Crippen LogP contribution in [0, 0.1) is 12.8 Å². The van der Waals surface area contributed by atoms with Crippen molar-refractivity contribution in [1.82, 2.24) is 5.32 Å². The maximum absolute atomic E-state index is 3.77. The Morgan fingerprint density at radius 3 is 2.72 bits per heavy atom. The van der Waals surface area contributed by atoms with E-state index in [1.54, 1.807) is 4.88 Å². The third-order valence-corrected chi connectivity index (χ3v) is 5.29. The van der Waals surface area contributed by atoms with Gasteiger partial charge in [-0.3, -0.25) is 0 Å². The number of hydrogen-bond donors (Lipinski definition) is 1. The summed E-state index contributed by atoms with van der Waals surface area (Å²) in [7, 11) is 0. The molecule has 0 spiro atoms. The Balaban J connectivity index is 1.98. The second kappa shape index (κ2) is 7.30. The van der Waals surface area contributed by atoms with Crippen molar-refractivity contribution in [3.05, 3.63) is 21.9 Å². The number of hydrogen-bond acceptors (Lipinski definition) is 2. The normalized spacial score (nSPS) is 19.0. The second-order valence-corrected chi connectivity index (χ2v) is 6.66. The van der Waals surface area contributed by atoms with Gasteiger partial charge in [-0.05, 0) is 49.2 Å². The summed E-state index contributed by atoms with van der Waals surface area (Å²) >= 11 is 1.93. The molecule has 18 heavy (non-hydrogen) atoms. The van der Waals surface area contributed by atoms with Crippen molar-refractivity contribution in [3.8, 4) is 0 Å². The molecule has 1 saturated carbocycles. The van der Waals surface area contributed by atoms with Crippen LogP contribution in [0.25, 0.3) is 0 Å². The number of thiophene rings is 1. The molecule has 1 N–H and O–H groups in total. The fourth-order valence-electron chi connectivity index (χ4n) is 3.10. The lowest BCUT2D eigenvalue weighted by Gasteiger charge is -2.27. The van der Waals surface area contributed by atoms with Crippen LogP contribution in [0.1, 0.15) is 68.4 Å². The molecular formula is C16H27NS. The van der Waals surface area contributed by atoms with Gasteiger partial charge in [0.05, 0.1) is 0 Å². The summed E-state index contributed by atoms with van der Waals surface area (Å²) in [6.45, 7) is 5.66. The van der Waals surface area contributed by atoms with Crippen LogP contribution >= 0.6 is 11.3 Å². The number of aryl methyl sites for hydroxylation is 1. The van der Waals surface area contributed by atoms with E-state index in [1.165, 1.54) is 50.5 Å². The van der Waals surface area contributed by atoms with E-state index in [2.05, 4.69) is 30.6 Å². The zero-order valence-electron chi connectivity index (χ0n) is 11.9. The van der Waals surface area contributed by atoms with E-state index >= 15 is 0 Å². The van der Waals surface area contributed by atoms with Crippen molar-refractivity contribution < 1.29 is 0 Å². The highest BCUT2D eigenvalue weighted by atomic mass is 32.1. The van der Waals surface area contributed by atoms with E-state index < -0.39 is 0 Å². The predicted molar refractivity (Wildman–Crippen MR) is 81.3 cm³/mol. The molecule has 1 heterocycles. The van der Waals surface area contributed by atoms with Crippen molar-refractivity contribution in [2.24, 2.45) is 5.92 Å². The van der Waals surface area contributed by atoms with Crippen LogP contribution in [0.3, 0.4) is 0 Å². The average molecular weight is 265 g/mol. The van der Waals surface area contributed by atoms with Crippen LogP contribution < -0.4 is 5.32 Å². The van der Waals surface area contributed by atoms with Gasteiger partial charge in [-0.15, -0.1) is 11.3 Å². The van der Waals surface area contributed by atoms with Crippen LogP contribution in [-0.4, -0.2) is 6.54 Å². The van der Waals surface area contributed by atoms with Crippen molar-refractivity contribution in [1.29, 1.82) is 0 Å². The Hall–Kier alpha value is -0.340. The van der Waals surface area contributed by atoms with Crippen LogP contribution in [0.4, 0.5) is 0 Å². The lowest BCUT2D eigenvalue weighted by atomic mass is 9.84. The average Bonchev–Trinajstić information content (AvgIpc) is 2.82. The molecule has 1 aliphatic rings. The fraction of sp³-hybridized carbons (Fsp3) is 0.750.